The van der Waals surface area contributed by atoms with Crippen LogP contribution in [-0.4, -0.2) is 36.7 Å². The molecule has 0 saturated carbocycles. The van der Waals surface area contributed by atoms with Crippen LogP contribution in [0, 0.1) is 12.8 Å². The van der Waals surface area contributed by atoms with Crippen LogP contribution in [0.2, 0.25) is 0 Å². The highest BCUT2D eigenvalue weighted by molar-refractivity contribution is 7.89. The van der Waals surface area contributed by atoms with Crippen LogP contribution < -0.4 is 4.90 Å². The number of para-hydroxylation sites is 1. The zero-order valence-electron chi connectivity index (χ0n) is 21.3. The molecule has 4 aromatic rings. The van der Waals surface area contributed by atoms with Crippen LogP contribution in [0.25, 0.3) is 10.2 Å². The second-order valence-electron chi connectivity index (χ2n) is 9.84. The molecule has 0 aliphatic carbocycles. The second kappa shape index (κ2) is 10.4. The molecule has 2 aromatic heterocycles. The SMILES string of the molecule is Cc1ccc(S(=O)(=O)N2CCC(C(=O)N(Cc3ccco3)c3nc4c(C(C)C)cccc4s3)CC2)cc1. The van der Waals surface area contributed by atoms with E-state index in [9.17, 15) is 13.2 Å². The molecular weight excluding hydrogens is 506 g/mol. The number of thiazole rings is 1. The van der Waals surface area contributed by atoms with E-state index >= 15 is 0 Å². The molecule has 0 spiro atoms. The number of nitrogens with zero attached hydrogens (tertiary/aromatic N) is 3. The molecule has 0 radical (unpaired) electrons. The summed E-state index contributed by atoms with van der Waals surface area (Å²) in [5, 5.41) is 0.638. The number of hydrogen-bond donors (Lipinski definition) is 0. The number of aryl methyl sites for hydroxylation is 1. The number of benzene rings is 2. The number of carbonyl (C=O) groups is 1. The third-order valence-electron chi connectivity index (χ3n) is 6.91. The molecule has 3 heterocycles. The number of aromatic nitrogens is 1. The summed E-state index contributed by atoms with van der Waals surface area (Å²) in [7, 11) is -3.59. The average Bonchev–Trinajstić information content (AvgIpc) is 3.56. The van der Waals surface area contributed by atoms with E-state index in [0.29, 0.717) is 42.7 Å². The Morgan fingerprint density at radius 1 is 1.11 bits per heavy atom. The number of furan rings is 1. The van der Waals surface area contributed by atoms with Gasteiger partial charge in [-0.05, 0) is 61.6 Å². The van der Waals surface area contributed by atoms with Gasteiger partial charge in [-0.25, -0.2) is 13.4 Å². The number of piperidine rings is 1. The third kappa shape index (κ3) is 5.21. The summed E-state index contributed by atoms with van der Waals surface area (Å²) < 4.78 is 34.4. The molecule has 1 fully saturated rings. The van der Waals surface area contributed by atoms with Gasteiger partial charge in [-0.15, -0.1) is 0 Å². The molecule has 0 bridgehead atoms. The summed E-state index contributed by atoms with van der Waals surface area (Å²) in [5.41, 5.74) is 3.09. The molecule has 2 aromatic carbocycles. The van der Waals surface area contributed by atoms with E-state index in [0.717, 1.165) is 21.3 Å². The van der Waals surface area contributed by atoms with E-state index in [1.54, 1.807) is 35.4 Å². The summed E-state index contributed by atoms with van der Waals surface area (Å²) in [6.45, 7) is 7.09. The lowest BCUT2D eigenvalue weighted by molar-refractivity contribution is -0.123. The molecule has 0 atom stereocenters. The molecule has 37 heavy (non-hydrogen) atoms. The Bertz CT molecular complexity index is 1480. The van der Waals surface area contributed by atoms with E-state index in [4.69, 9.17) is 9.40 Å². The summed E-state index contributed by atoms with van der Waals surface area (Å²) in [6.07, 6.45) is 2.52. The largest absolute Gasteiger partial charge is 0.467 e. The van der Waals surface area contributed by atoms with Crippen molar-refractivity contribution in [2.75, 3.05) is 18.0 Å². The van der Waals surface area contributed by atoms with Crippen molar-refractivity contribution in [3.63, 3.8) is 0 Å². The number of amides is 1. The predicted molar refractivity (Wildman–Crippen MR) is 146 cm³/mol. The summed E-state index contributed by atoms with van der Waals surface area (Å²) >= 11 is 1.50. The van der Waals surface area contributed by atoms with Gasteiger partial charge in [0.05, 0.1) is 27.9 Å². The fourth-order valence-electron chi connectivity index (χ4n) is 4.76. The van der Waals surface area contributed by atoms with Crippen molar-refractivity contribution in [3.8, 4) is 0 Å². The lowest BCUT2D eigenvalue weighted by Crippen LogP contribution is -2.44. The maximum Gasteiger partial charge on any atom is 0.243 e. The quantitative estimate of drug-likeness (QED) is 0.291. The minimum absolute atomic E-state index is 0.0473. The normalized spacial score (nSPS) is 15.5. The van der Waals surface area contributed by atoms with Crippen molar-refractivity contribution in [2.45, 2.75) is 51.0 Å². The second-order valence-corrected chi connectivity index (χ2v) is 12.8. The topological polar surface area (TPSA) is 83.7 Å². The highest BCUT2D eigenvalue weighted by atomic mass is 32.2. The minimum Gasteiger partial charge on any atom is -0.467 e. The van der Waals surface area contributed by atoms with Crippen LogP contribution in [0.4, 0.5) is 5.13 Å². The smallest absolute Gasteiger partial charge is 0.243 e. The minimum atomic E-state index is -3.59. The Morgan fingerprint density at radius 3 is 2.49 bits per heavy atom. The highest BCUT2D eigenvalue weighted by Crippen LogP contribution is 2.36. The van der Waals surface area contributed by atoms with E-state index in [-0.39, 0.29) is 23.3 Å². The van der Waals surface area contributed by atoms with E-state index < -0.39 is 10.0 Å². The van der Waals surface area contributed by atoms with E-state index in [1.807, 2.05) is 31.2 Å². The molecule has 5 rings (SSSR count). The maximum atomic E-state index is 13.9. The van der Waals surface area contributed by atoms with Gasteiger partial charge in [-0.2, -0.15) is 4.31 Å². The molecule has 1 aliphatic rings. The van der Waals surface area contributed by atoms with Crippen LogP contribution in [-0.2, 0) is 21.4 Å². The van der Waals surface area contributed by atoms with Gasteiger partial charge < -0.3 is 4.42 Å². The van der Waals surface area contributed by atoms with E-state index in [2.05, 4.69) is 19.9 Å². The number of fused-ring (bicyclic) bond motifs is 1. The first-order chi connectivity index (χ1) is 17.7. The van der Waals surface area contributed by atoms with Gasteiger partial charge in [0.15, 0.2) is 5.13 Å². The van der Waals surface area contributed by atoms with Gasteiger partial charge >= 0.3 is 0 Å². The molecule has 0 N–H and O–H groups in total. The van der Waals surface area contributed by atoms with Crippen molar-refractivity contribution >= 4 is 42.6 Å². The molecule has 9 heteroatoms. The third-order valence-corrected chi connectivity index (χ3v) is 9.87. The fraction of sp³-hybridized carbons (Fsp3) is 0.357. The number of carbonyl (C=O) groups excluding carboxylic acids is 1. The highest BCUT2D eigenvalue weighted by Gasteiger charge is 2.35. The van der Waals surface area contributed by atoms with Crippen LogP contribution in [0.1, 0.15) is 49.5 Å². The number of hydrogen-bond acceptors (Lipinski definition) is 6. The standard InChI is InChI=1S/C28H31N3O4S2/c1-19(2)24-7-4-8-25-26(24)29-28(36-25)31(18-22-6-5-17-35-22)27(32)21-13-15-30(16-14-21)37(33,34)23-11-9-20(3)10-12-23/h4-12,17,19,21H,13-16,18H2,1-3H3. The average molecular weight is 538 g/mol. The van der Waals surface area contributed by atoms with Crippen molar-refractivity contribution in [3.05, 3.63) is 77.7 Å². The molecule has 7 nitrogen and oxygen atoms in total. The lowest BCUT2D eigenvalue weighted by atomic mass is 9.96. The van der Waals surface area contributed by atoms with Crippen molar-refractivity contribution in [1.82, 2.24) is 9.29 Å². The van der Waals surface area contributed by atoms with Gasteiger partial charge in [0, 0.05) is 19.0 Å². The zero-order valence-corrected chi connectivity index (χ0v) is 22.9. The van der Waals surface area contributed by atoms with Crippen molar-refractivity contribution < 1.29 is 17.6 Å². The number of sulfonamides is 1. The summed E-state index contributed by atoms with van der Waals surface area (Å²) in [5.74, 6) is 0.647. The summed E-state index contributed by atoms with van der Waals surface area (Å²) in [4.78, 5) is 20.8. The van der Waals surface area contributed by atoms with Crippen LogP contribution in [0.15, 0.2) is 70.2 Å². The first-order valence-corrected chi connectivity index (χ1v) is 14.8. The van der Waals surface area contributed by atoms with Gasteiger partial charge in [-0.1, -0.05) is 55.0 Å². The molecule has 1 amide bonds. The zero-order chi connectivity index (χ0) is 26.2. The van der Waals surface area contributed by atoms with Crippen LogP contribution in [0.3, 0.4) is 0 Å². The molecule has 194 valence electrons. The Labute approximate surface area is 221 Å². The Balaban J connectivity index is 1.38. The van der Waals surface area contributed by atoms with Crippen LogP contribution in [0.5, 0.6) is 0 Å². The predicted octanol–water partition coefficient (Wildman–Crippen LogP) is 5.96. The summed E-state index contributed by atoms with van der Waals surface area (Å²) in [6, 6.07) is 16.7. The monoisotopic (exact) mass is 537 g/mol. The Hall–Kier alpha value is -3.01. The molecular formula is C28H31N3O4S2. The molecule has 0 unspecified atom stereocenters. The Morgan fingerprint density at radius 2 is 1.84 bits per heavy atom. The molecule has 1 aliphatic heterocycles. The van der Waals surface area contributed by atoms with Crippen molar-refractivity contribution in [1.29, 1.82) is 0 Å². The number of rotatable bonds is 7. The first-order valence-electron chi connectivity index (χ1n) is 12.5. The first kappa shape index (κ1) is 25.6. The van der Waals surface area contributed by atoms with E-state index in [1.165, 1.54) is 15.6 Å². The lowest BCUT2D eigenvalue weighted by Gasteiger charge is -2.32. The maximum absolute atomic E-state index is 13.9. The van der Waals surface area contributed by atoms with Gasteiger partial charge in [0.1, 0.15) is 5.76 Å². The van der Waals surface area contributed by atoms with Gasteiger partial charge in [-0.3, -0.25) is 9.69 Å². The molecule has 1 saturated heterocycles. The number of anilines is 1. The fourth-order valence-corrected chi connectivity index (χ4v) is 7.24. The van der Waals surface area contributed by atoms with Gasteiger partial charge in [0.25, 0.3) is 0 Å². The van der Waals surface area contributed by atoms with Crippen molar-refractivity contribution in [2.24, 2.45) is 5.92 Å². The van der Waals surface area contributed by atoms with Gasteiger partial charge in [0.2, 0.25) is 15.9 Å². The van der Waals surface area contributed by atoms with Crippen LogP contribution >= 0.6 is 11.3 Å². The Kier molecular flexibility index (Phi) is 7.20.